The highest BCUT2D eigenvalue weighted by molar-refractivity contribution is 5.94. The normalized spacial score (nSPS) is 16.0. The lowest BCUT2D eigenvalue weighted by Gasteiger charge is -2.37. The molecule has 156 valence electrons. The number of fused-ring (bicyclic) bond motifs is 1. The minimum atomic E-state index is -1.52. The molecule has 0 bridgehead atoms. The van der Waals surface area contributed by atoms with Crippen LogP contribution in [-0.2, 0) is 0 Å². The summed E-state index contributed by atoms with van der Waals surface area (Å²) in [6, 6.07) is 5.28. The van der Waals surface area contributed by atoms with Gasteiger partial charge in [0.25, 0.3) is 0 Å². The summed E-state index contributed by atoms with van der Waals surface area (Å²) in [6.07, 6.45) is 0.989. The van der Waals surface area contributed by atoms with Crippen molar-refractivity contribution in [1.82, 2.24) is 14.4 Å². The van der Waals surface area contributed by atoms with Crippen molar-refractivity contribution in [2.45, 2.75) is 0 Å². The van der Waals surface area contributed by atoms with E-state index in [1.54, 1.807) is 0 Å². The Bertz CT molecular complexity index is 1230. The van der Waals surface area contributed by atoms with Crippen LogP contribution in [-0.4, -0.2) is 48.9 Å². The summed E-state index contributed by atoms with van der Waals surface area (Å²) in [7, 11) is 1.86. The first-order valence-electron chi connectivity index (χ1n) is 9.35. The van der Waals surface area contributed by atoms with Crippen molar-refractivity contribution >= 4 is 22.6 Å². The highest BCUT2D eigenvalue weighted by atomic mass is 19.1. The van der Waals surface area contributed by atoms with E-state index < -0.39 is 34.4 Å². The van der Waals surface area contributed by atoms with Crippen LogP contribution in [0.2, 0.25) is 0 Å². The molecule has 0 spiro atoms. The number of carboxylic acids is 1. The molecule has 4 rings (SSSR count). The lowest BCUT2D eigenvalue weighted by molar-refractivity contribution is 0.0695. The van der Waals surface area contributed by atoms with Gasteiger partial charge in [-0.1, -0.05) is 0 Å². The number of benzene rings is 2. The monoisotopic (exact) mass is 418 g/mol. The summed E-state index contributed by atoms with van der Waals surface area (Å²) in [4.78, 5) is 24.2. The Hall–Kier alpha value is -3.17. The van der Waals surface area contributed by atoms with Gasteiger partial charge in [-0.15, -0.1) is 0 Å². The lowest BCUT2D eigenvalue weighted by atomic mass is 10.1. The number of rotatable bonds is 3. The van der Waals surface area contributed by atoms with Crippen LogP contribution in [0.15, 0.2) is 41.3 Å². The molecule has 0 saturated carbocycles. The Labute approximate surface area is 169 Å². The van der Waals surface area contributed by atoms with Gasteiger partial charge in [0.15, 0.2) is 11.5 Å². The van der Waals surface area contributed by atoms with Gasteiger partial charge in [0.05, 0.1) is 36.7 Å². The molecule has 1 aliphatic heterocycles. The molecule has 0 aliphatic carbocycles. The third-order valence-electron chi connectivity index (χ3n) is 5.62. The van der Waals surface area contributed by atoms with Gasteiger partial charge >= 0.3 is 5.97 Å². The van der Waals surface area contributed by atoms with Crippen LogP contribution in [0.4, 0.5) is 18.9 Å². The standard InChI is InChI=1S/C21H18F3N3O3/c1-27(6-4-25-5-7-27)19-10-18-13(9-16(19)24)20(28)14(21(29)30)11-26(18)17-3-2-12(22)8-15(17)23/h2-3,8-11,25H,4-7H2,1H3/p+1. The maximum atomic E-state index is 15.1. The number of aromatic nitrogens is 1. The molecule has 0 unspecified atom stereocenters. The zero-order valence-corrected chi connectivity index (χ0v) is 16.1. The van der Waals surface area contributed by atoms with Crippen LogP contribution < -0.4 is 15.2 Å². The molecular weight excluding hydrogens is 399 g/mol. The first kappa shape index (κ1) is 20.1. The van der Waals surface area contributed by atoms with Crippen molar-refractivity contribution < 1.29 is 23.1 Å². The number of likely N-dealkylation sites (N-methyl/N-ethyl adjacent to an activating group) is 1. The third-order valence-corrected chi connectivity index (χ3v) is 5.62. The minimum absolute atomic E-state index is 0.143. The number of pyridine rings is 1. The average Bonchev–Trinajstić information content (AvgIpc) is 2.69. The third kappa shape index (κ3) is 3.25. The zero-order chi connectivity index (χ0) is 21.6. The zero-order valence-electron chi connectivity index (χ0n) is 16.1. The molecule has 0 atom stereocenters. The SMILES string of the molecule is C[N+]1(c2cc3c(cc2F)c(=O)c(C(=O)O)cn3-c2ccc(F)cc2F)CCNCC1. The molecule has 2 heterocycles. The number of carbonyl (C=O) groups is 1. The fourth-order valence-electron chi connectivity index (χ4n) is 3.91. The second kappa shape index (κ2) is 7.26. The van der Waals surface area contributed by atoms with E-state index in [1.165, 1.54) is 6.07 Å². The van der Waals surface area contributed by atoms with Crippen LogP contribution in [0.3, 0.4) is 0 Å². The predicted molar refractivity (Wildman–Crippen MR) is 107 cm³/mol. The van der Waals surface area contributed by atoms with Gasteiger partial charge in [0, 0.05) is 31.4 Å². The van der Waals surface area contributed by atoms with E-state index in [1.807, 2.05) is 7.05 Å². The Morgan fingerprint density at radius 3 is 2.43 bits per heavy atom. The second-order valence-corrected chi connectivity index (χ2v) is 7.56. The summed E-state index contributed by atoms with van der Waals surface area (Å²) in [5.74, 6) is -3.91. The van der Waals surface area contributed by atoms with Gasteiger partial charge in [-0.25, -0.2) is 18.0 Å². The summed E-state index contributed by atoms with van der Waals surface area (Å²) in [5.41, 5.74) is -1.21. The van der Waals surface area contributed by atoms with Crippen molar-refractivity contribution in [2.75, 3.05) is 33.2 Å². The molecule has 2 aromatic carbocycles. The van der Waals surface area contributed by atoms with Crippen molar-refractivity contribution in [1.29, 1.82) is 0 Å². The summed E-state index contributed by atoms with van der Waals surface area (Å²) in [5, 5.41) is 12.4. The van der Waals surface area contributed by atoms with E-state index in [2.05, 4.69) is 5.32 Å². The largest absolute Gasteiger partial charge is 0.477 e. The molecule has 0 amide bonds. The van der Waals surface area contributed by atoms with Gasteiger partial charge in [0.2, 0.25) is 5.43 Å². The molecule has 1 aliphatic rings. The van der Waals surface area contributed by atoms with Crippen molar-refractivity contribution in [2.24, 2.45) is 0 Å². The summed E-state index contributed by atoms with van der Waals surface area (Å²) >= 11 is 0. The molecule has 1 fully saturated rings. The van der Waals surface area contributed by atoms with Crippen LogP contribution in [0, 0.1) is 17.5 Å². The molecule has 1 aromatic heterocycles. The van der Waals surface area contributed by atoms with E-state index >= 15 is 4.39 Å². The number of nitrogens with zero attached hydrogens (tertiary/aromatic N) is 2. The lowest BCUT2D eigenvalue weighted by Crippen LogP contribution is -2.57. The van der Waals surface area contributed by atoms with E-state index in [0.717, 1.165) is 29.0 Å². The van der Waals surface area contributed by atoms with Gasteiger partial charge in [-0.05, 0) is 18.2 Å². The number of hydrogen-bond donors (Lipinski definition) is 2. The van der Waals surface area contributed by atoms with Gasteiger partial charge < -0.3 is 15.0 Å². The summed E-state index contributed by atoms with van der Waals surface area (Å²) in [6.45, 7) is 2.55. The fourth-order valence-corrected chi connectivity index (χ4v) is 3.91. The molecule has 1 saturated heterocycles. The van der Waals surface area contributed by atoms with Crippen LogP contribution in [0.25, 0.3) is 16.6 Å². The van der Waals surface area contributed by atoms with E-state index in [9.17, 15) is 23.5 Å². The molecule has 30 heavy (non-hydrogen) atoms. The molecule has 3 aromatic rings. The van der Waals surface area contributed by atoms with E-state index in [4.69, 9.17) is 0 Å². The Morgan fingerprint density at radius 2 is 1.80 bits per heavy atom. The van der Waals surface area contributed by atoms with E-state index in [-0.39, 0.29) is 21.1 Å². The molecule has 2 N–H and O–H groups in total. The van der Waals surface area contributed by atoms with Crippen molar-refractivity contribution in [3.8, 4) is 5.69 Å². The number of quaternary nitrogens is 1. The summed E-state index contributed by atoms with van der Waals surface area (Å²) < 4.78 is 44.4. The Balaban J connectivity index is 2.08. The van der Waals surface area contributed by atoms with Gasteiger partial charge in [-0.3, -0.25) is 9.28 Å². The molecule has 6 nitrogen and oxygen atoms in total. The number of halogens is 3. The number of hydrogen-bond acceptors (Lipinski definition) is 3. The smallest absolute Gasteiger partial charge is 0.341 e. The van der Waals surface area contributed by atoms with Crippen LogP contribution >= 0.6 is 0 Å². The molecular formula is C21H19F3N3O3+. The van der Waals surface area contributed by atoms with Crippen molar-refractivity contribution in [3.63, 3.8) is 0 Å². The number of carboxylic acid groups (broad SMARTS) is 1. The number of nitrogens with one attached hydrogen (secondary N) is 1. The average molecular weight is 418 g/mol. The number of piperazine rings is 1. The topological polar surface area (TPSA) is 71.3 Å². The molecule has 9 heteroatoms. The molecule has 0 radical (unpaired) electrons. The Kier molecular flexibility index (Phi) is 4.87. The maximum Gasteiger partial charge on any atom is 0.341 e. The van der Waals surface area contributed by atoms with Gasteiger partial charge in [-0.2, -0.15) is 0 Å². The second-order valence-electron chi connectivity index (χ2n) is 7.56. The van der Waals surface area contributed by atoms with Gasteiger partial charge in [0.1, 0.15) is 17.2 Å². The highest BCUT2D eigenvalue weighted by Crippen LogP contribution is 2.31. The van der Waals surface area contributed by atoms with Crippen molar-refractivity contribution in [3.05, 3.63) is 69.8 Å². The first-order chi connectivity index (χ1) is 14.2. The fraction of sp³-hybridized carbons (Fsp3) is 0.238. The maximum absolute atomic E-state index is 15.1. The quantitative estimate of drug-likeness (QED) is 0.642. The number of aromatic carboxylic acids is 1. The highest BCUT2D eigenvalue weighted by Gasteiger charge is 2.32. The minimum Gasteiger partial charge on any atom is -0.477 e. The van der Waals surface area contributed by atoms with Crippen LogP contribution in [0.1, 0.15) is 10.4 Å². The predicted octanol–water partition coefficient (Wildman–Crippen LogP) is 2.65. The van der Waals surface area contributed by atoms with Crippen LogP contribution in [0.5, 0.6) is 0 Å². The van der Waals surface area contributed by atoms with E-state index in [0.29, 0.717) is 37.9 Å². The Morgan fingerprint density at radius 1 is 1.10 bits per heavy atom. The first-order valence-corrected chi connectivity index (χ1v) is 9.35.